The Morgan fingerprint density at radius 2 is 1.94 bits per heavy atom. The number of nitrogens with zero attached hydrogens (tertiary/aromatic N) is 3. The first kappa shape index (κ1) is 23.3. The van der Waals surface area contributed by atoms with Crippen LogP contribution in [0, 0.1) is 5.92 Å². The van der Waals surface area contributed by atoms with E-state index >= 15 is 0 Å². The molecule has 31 heavy (non-hydrogen) atoms. The fourth-order valence-corrected chi connectivity index (χ4v) is 4.43. The van der Waals surface area contributed by atoms with Gasteiger partial charge < -0.3 is 20.0 Å². The van der Waals surface area contributed by atoms with Crippen LogP contribution in [0.4, 0.5) is 11.4 Å². The van der Waals surface area contributed by atoms with Gasteiger partial charge in [0.1, 0.15) is 0 Å². The predicted molar refractivity (Wildman–Crippen MR) is 127 cm³/mol. The Hall–Kier alpha value is -2.34. The summed E-state index contributed by atoms with van der Waals surface area (Å²) in [5.41, 5.74) is 4.15. The maximum absolute atomic E-state index is 13.1. The number of rotatable bonds is 8. The Labute approximate surface area is 187 Å². The van der Waals surface area contributed by atoms with Crippen LogP contribution in [-0.2, 0) is 9.59 Å². The summed E-state index contributed by atoms with van der Waals surface area (Å²) in [5, 5.41) is 3.59. The number of nitrogens with one attached hydrogen (secondary N) is 1. The van der Waals surface area contributed by atoms with Crippen LogP contribution in [0.25, 0.3) is 0 Å². The molecule has 0 bridgehead atoms. The molecular formula is C25H38N4O2. The zero-order valence-corrected chi connectivity index (χ0v) is 19.9. The van der Waals surface area contributed by atoms with Crippen molar-refractivity contribution in [2.75, 3.05) is 37.0 Å². The lowest BCUT2D eigenvalue weighted by Gasteiger charge is -2.41. The van der Waals surface area contributed by atoms with Crippen molar-refractivity contribution in [2.45, 2.75) is 65.5 Å². The Morgan fingerprint density at radius 1 is 1.23 bits per heavy atom. The molecule has 2 amide bonds. The highest BCUT2D eigenvalue weighted by Crippen LogP contribution is 2.41. The van der Waals surface area contributed by atoms with Crippen molar-refractivity contribution < 1.29 is 9.59 Å². The molecule has 1 aromatic carbocycles. The quantitative estimate of drug-likeness (QED) is 0.681. The van der Waals surface area contributed by atoms with E-state index in [-0.39, 0.29) is 29.8 Å². The number of allylic oxidation sites excluding steroid dienone is 1. The maximum Gasteiger partial charge on any atom is 0.230 e. The zero-order chi connectivity index (χ0) is 22.7. The summed E-state index contributed by atoms with van der Waals surface area (Å²) in [4.78, 5) is 31.4. The van der Waals surface area contributed by atoms with Gasteiger partial charge in [0.15, 0.2) is 0 Å². The molecule has 6 nitrogen and oxygen atoms in total. The van der Waals surface area contributed by atoms with Gasteiger partial charge in [0.2, 0.25) is 11.8 Å². The van der Waals surface area contributed by atoms with Crippen LogP contribution in [0.5, 0.6) is 0 Å². The number of fused-ring (bicyclic) bond motifs is 1. The van der Waals surface area contributed by atoms with Crippen LogP contribution in [0.3, 0.4) is 0 Å². The fraction of sp³-hybridized carbons (Fsp3) is 0.600. The zero-order valence-electron chi connectivity index (χ0n) is 19.9. The van der Waals surface area contributed by atoms with E-state index in [0.29, 0.717) is 6.54 Å². The van der Waals surface area contributed by atoms with Crippen LogP contribution in [-0.4, -0.2) is 49.9 Å². The van der Waals surface area contributed by atoms with Gasteiger partial charge in [-0.25, -0.2) is 0 Å². The molecule has 1 aromatic rings. The molecule has 0 saturated heterocycles. The smallest absolute Gasteiger partial charge is 0.230 e. The Morgan fingerprint density at radius 3 is 2.52 bits per heavy atom. The third-order valence-electron chi connectivity index (χ3n) is 6.09. The number of amides is 2. The van der Waals surface area contributed by atoms with Crippen LogP contribution in [0.2, 0.25) is 0 Å². The van der Waals surface area contributed by atoms with Crippen molar-refractivity contribution in [3.63, 3.8) is 0 Å². The number of carbonyl (C=O) groups excluding carboxylic acids is 2. The number of hydrogen-bond donors (Lipinski definition) is 1. The number of anilines is 2. The van der Waals surface area contributed by atoms with E-state index in [0.717, 1.165) is 49.2 Å². The number of carbonyl (C=O) groups is 2. The summed E-state index contributed by atoms with van der Waals surface area (Å²) in [6, 6.07) is 6.28. The van der Waals surface area contributed by atoms with Crippen molar-refractivity contribution in [1.82, 2.24) is 10.2 Å². The minimum atomic E-state index is -0.0335. The summed E-state index contributed by atoms with van der Waals surface area (Å²) >= 11 is 0. The average Bonchev–Trinajstić information content (AvgIpc) is 3.54. The molecule has 1 fully saturated rings. The van der Waals surface area contributed by atoms with Crippen molar-refractivity contribution in [2.24, 2.45) is 5.92 Å². The van der Waals surface area contributed by atoms with Crippen LogP contribution < -0.4 is 15.1 Å². The Kier molecular flexibility index (Phi) is 7.42. The summed E-state index contributed by atoms with van der Waals surface area (Å²) in [5.74, 6) is 0.355. The van der Waals surface area contributed by atoms with Crippen molar-refractivity contribution >= 4 is 23.2 Å². The van der Waals surface area contributed by atoms with Gasteiger partial charge in [0.05, 0.1) is 23.5 Å². The molecule has 0 aromatic heterocycles. The van der Waals surface area contributed by atoms with Gasteiger partial charge in [-0.1, -0.05) is 25.0 Å². The summed E-state index contributed by atoms with van der Waals surface area (Å²) in [6.07, 6.45) is 6.26. The minimum Gasteiger partial charge on any atom is -0.383 e. The molecular weight excluding hydrogens is 388 g/mol. The molecule has 1 aliphatic carbocycles. The molecule has 1 unspecified atom stereocenters. The molecule has 170 valence electrons. The van der Waals surface area contributed by atoms with Gasteiger partial charge in [-0.3, -0.25) is 9.59 Å². The molecule has 2 atom stereocenters. The predicted octanol–water partition coefficient (Wildman–Crippen LogP) is 4.08. The molecule has 1 saturated carbocycles. The van der Waals surface area contributed by atoms with Gasteiger partial charge in [0, 0.05) is 25.9 Å². The van der Waals surface area contributed by atoms with Crippen LogP contribution in [0.15, 0.2) is 30.0 Å². The van der Waals surface area contributed by atoms with E-state index in [1.165, 1.54) is 5.57 Å². The summed E-state index contributed by atoms with van der Waals surface area (Å²) in [7, 11) is 4.13. The van der Waals surface area contributed by atoms with Gasteiger partial charge in [-0.05, 0) is 71.1 Å². The highest BCUT2D eigenvalue weighted by molar-refractivity contribution is 6.05. The Balaban J connectivity index is 1.99. The summed E-state index contributed by atoms with van der Waals surface area (Å²) < 4.78 is 0. The fourth-order valence-electron chi connectivity index (χ4n) is 4.43. The lowest BCUT2D eigenvalue weighted by atomic mass is 10.00. The highest BCUT2D eigenvalue weighted by atomic mass is 16.2. The molecule has 1 heterocycles. The third-order valence-corrected chi connectivity index (χ3v) is 6.09. The standard InChI is InChI=1S/C25H38N4O2/c1-7-8-17(2)14-26-22(16-27(5)6)21-11-12-23-24(13-21)28(25(31)20-9-10-20)15-18(3)29(23)19(4)30/h11-14,18,20,22,26H,7-10,15-16H2,1-6H3/b17-14+/t18-,22?/m0/s1. The van der Waals surface area contributed by atoms with Crippen LogP contribution in [0.1, 0.15) is 65.0 Å². The average molecular weight is 427 g/mol. The monoisotopic (exact) mass is 426 g/mol. The number of benzene rings is 1. The topological polar surface area (TPSA) is 55.9 Å². The minimum absolute atomic E-state index is 0.0149. The molecule has 1 aliphatic heterocycles. The van der Waals surface area contributed by atoms with Gasteiger partial charge in [-0.2, -0.15) is 0 Å². The van der Waals surface area contributed by atoms with Crippen molar-refractivity contribution in [3.05, 3.63) is 35.5 Å². The second-order valence-electron chi connectivity index (χ2n) is 9.43. The SMILES string of the molecule is CCC/C(C)=C/NC(CN(C)C)c1ccc2c(c1)N(C(=O)C1CC1)C[C@H](C)N2C(C)=O. The lowest BCUT2D eigenvalue weighted by Crippen LogP contribution is -2.51. The lowest BCUT2D eigenvalue weighted by molar-refractivity contribution is -0.120. The normalized spacial score (nSPS) is 20.0. The maximum atomic E-state index is 13.1. The van der Waals surface area contributed by atoms with E-state index in [9.17, 15) is 9.59 Å². The van der Waals surface area contributed by atoms with Crippen LogP contribution >= 0.6 is 0 Å². The molecule has 3 rings (SSSR count). The first-order valence-electron chi connectivity index (χ1n) is 11.5. The van der Waals surface area contributed by atoms with Gasteiger partial charge in [-0.15, -0.1) is 0 Å². The molecule has 1 N–H and O–H groups in total. The van der Waals surface area contributed by atoms with E-state index in [4.69, 9.17) is 0 Å². The number of hydrogen-bond acceptors (Lipinski definition) is 4. The summed E-state index contributed by atoms with van der Waals surface area (Å²) in [6.45, 7) is 9.34. The third kappa shape index (κ3) is 5.48. The second-order valence-corrected chi connectivity index (χ2v) is 9.43. The van der Waals surface area contributed by atoms with E-state index in [1.807, 2.05) is 22.8 Å². The highest BCUT2D eigenvalue weighted by Gasteiger charge is 2.39. The number of likely N-dealkylation sites (N-methyl/N-ethyl adjacent to an activating group) is 1. The van der Waals surface area contributed by atoms with Crippen molar-refractivity contribution in [3.8, 4) is 0 Å². The first-order valence-corrected chi connectivity index (χ1v) is 11.5. The molecule has 6 heteroatoms. The Bertz CT molecular complexity index is 844. The van der Waals surface area contributed by atoms with Crippen molar-refractivity contribution in [1.29, 1.82) is 0 Å². The van der Waals surface area contributed by atoms with Gasteiger partial charge in [0.25, 0.3) is 0 Å². The van der Waals surface area contributed by atoms with Gasteiger partial charge >= 0.3 is 0 Å². The van der Waals surface area contributed by atoms with E-state index in [1.54, 1.807) is 6.92 Å². The molecule has 0 radical (unpaired) electrons. The largest absolute Gasteiger partial charge is 0.383 e. The van der Waals surface area contributed by atoms with E-state index < -0.39 is 0 Å². The second kappa shape index (κ2) is 9.86. The molecule has 0 spiro atoms. The first-order chi connectivity index (χ1) is 14.7. The van der Waals surface area contributed by atoms with E-state index in [2.05, 4.69) is 56.5 Å². The molecule has 2 aliphatic rings.